The van der Waals surface area contributed by atoms with Crippen LogP contribution in [0.4, 0.5) is 5.69 Å². The Labute approximate surface area is 148 Å². The van der Waals surface area contributed by atoms with E-state index in [4.69, 9.17) is 9.47 Å². The highest BCUT2D eigenvalue weighted by Crippen LogP contribution is 2.15. The summed E-state index contributed by atoms with van der Waals surface area (Å²) in [4.78, 5) is 16.9. The molecule has 1 heterocycles. The number of morpholine rings is 1. The minimum atomic E-state index is -0.0386. The van der Waals surface area contributed by atoms with Crippen molar-refractivity contribution in [3.63, 3.8) is 0 Å². The van der Waals surface area contributed by atoms with E-state index in [1.807, 2.05) is 60.7 Å². The molecule has 0 N–H and O–H groups in total. The van der Waals surface area contributed by atoms with E-state index in [0.717, 1.165) is 38.5 Å². The molecule has 132 valence electrons. The lowest BCUT2D eigenvalue weighted by atomic mass is 10.2. The summed E-state index contributed by atoms with van der Waals surface area (Å²) in [5.74, 6) is 0.667. The fourth-order valence-electron chi connectivity index (χ4n) is 2.81. The van der Waals surface area contributed by atoms with Gasteiger partial charge in [-0.3, -0.25) is 9.69 Å². The van der Waals surface area contributed by atoms with Crippen LogP contribution in [0.1, 0.15) is 0 Å². The van der Waals surface area contributed by atoms with Gasteiger partial charge in [0.2, 0.25) is 0 Å². The zero-order valence-electron chi connectivity index (χ0n) is 14.3. The van der Waals surface area contributed by atoms with Crippen molar-refractivity contribution in [3.05, 3.63) is 60.7 Å². The Morgan fingerprint density at radius 1 is 1.00 bits per heavy atom. The Bertz CT molecular complexity index is 643. The summed E-state index contributed by atoms with van der Waals surface area (Å²) in [5.41, 5.74) is 0.900. The number of para-hydroxylation sites is 2. The topological polar surface area (TPSA) is 42.0 Å². The molecule has 0 bridgehead atoms. The molecule has 1 fully saturated rings. The van der Waals surface area contributed by atoms with Crippen molar-refractivity contribution in [1.29, 1.82) is 0 Å². The van der Waals surface area contributed by atoms with Crippen molar-refractivity contribution in [2.45, 2.75) is 0 Å². The second kappa shape index (κ2) is 9.20. The molecule has 0 spiro atoms. The molecule has 1 aliphatic rings. The Hall–Kier alpha value is -2.37. The lowest BCUT2D eigenvalue weighted by Gasteiger charge is -2.30. The average molecular weight is 340 g/mol. The largest absolute Gasteiger partial charge is 0.484 e. The van der Waals surface area contributed by atoms with Crippen LogP contribution >= 0.6 is 0 Å². The third kappa shape index (κ3) is 5.31. The van der Waals surface area contributed by atoms with Gasteiger partial charge < -0.3 is 14.4 Å². The maximum absolute atomic E-state index is 12.7. The minimum Gasteiger partial charge on any atom is -0.484 e. The summed E-state index contributed by atoms with van der Waals surface area (Å²) in [5, 5.41) is 0. The molecule has 1 amide bonds. The van der Waals surface area contributed by atoms with Gasteiger partial charge in [0.15, 0.2) is 6.61 Å². The smallest absolute Gasteiger partial charge is 0.264 e. The SMILES string of the molecule is O=C(COc1ccccc1)N(CCN1CCOCC1)c1ccccc1. The van der Waals surface area contributed by atoms with Crippen LogP contribution in [-0.4, -0.2) is 56.8 Å². The summed E-state index contributed by atoms with van der Waals surface area (Å²) < 4.78 is 11.0. The Morgan fingerprint density at radius 2 is 1.64 bits per heavy atom. The van der Waals surface area contributed by atoms with Crippen LogP contribution in [-0.2, 0) is 9.53 Å². The van der Waals surface area contributed by atoms with Crippen molar-refractivity contribution in [2.24, 2.45) is 0 Å². The second-order valence-corrected chi connectivity index (χ2v) is 5.94. The molecule has 2 aromatic carbocycles. The number of ether oxygens (including phenoxy) is 2. The molecule has 2 aromatic rings. The molecule has 0 aromatic heterocycles. The summed E-state index contributed by atoms with van der Waals surface area (Å²) in [6.45, 7) is 4.85. The summed E-state index contributed by atoms with van der Waals surface area (Å²) in [6.07, 6.45) is 0. The number of anilines is 1. The van der Waals surface area contributed by atoms with Crippen molar-refractivity contribution in [3.8, 4) is 5.75 Å². The molecule has 3 rings (SSSR count). The van der Waals surface area contributed by atoms with E-state index in [9.17, 15) is 4.79 Å². The summed E-state index contributed by atoms with van der Waals surface area (Å²) >= 11 is 0. The number of hydrogen-bond acceptors (Lipinski definition) is 4. The zero-order valence-corrected chi connectivity index (χ0v) is 14.3. The first-order chi connectivity index (χ1) is 12.3. The van der Waals surface area contributed by atoms with Crippen molar-refractivity contribution in [2.75, 3.05) is 50.9 Å². The van der Waals surface area contributed by atoms with Gasteiger partial charge in [-0.15, -0.1) is 0 Å². The van der Waals surface area contributed by atoms with E-state index in [0.29, 0.717) is 12.3 Å². The number of rotatable bonds is 7. The van der Waals surface area contributed by atoms with Crippen molar-refractivity contribution >= 4 is 11.6 Å². The minimum absolute atomic E-state index is 0.0298. The van der Waals surface area contributed by atoms with Gasteiger partial charge in [-0.25, -0.2) is 0 Å². The monoisotopic (exact) mass is 340 g/mol. The summed E-state index contributed by atoms with van der Waals surface area (Å²) in [7, 11) is 0. The van der Waals surface area contributed by atoms with Gasteiger partial charge in [-0.2, -0.15) is 0 Å². The zero-order chi connectivity index (χ0) is 17.3. The van der Waals surface area contributed by atoms with Gasteiger partial charge in [-0.1, -0.05) is 36.4 Å². The van der Waals surface area contributed by atoms with Crippen molar-refractivity contribution < 1.29 is 14.3 Å². The normalized spacial score (nSPS) is 14.9. The van der Waals surface area contributed by atoms with Crippen LogP contribution in [0.25, 0.3) is 0 Å². The Morgan fingerprint density at radius 3 is 2.32 bits per heavy atom. The molecular formula is C20H24N2O3. The standard InChI is InChI=1S/C20H24N2O3/c23-20(17-25-19-9-5-2-6-10-19)22(18-7-3-1-4-8-18)12-11-21-13-15-24-16-14-21/h1-10H,11-17H2. The molecular weight excluding hydrogens is 316 g/mol. The molecule has 0 atom stereocenters. The van der Waals surface area contributed by atoms with Gasteiger partial charge in [0.1, 0.15) is 5.75 Å². The highest BCUT2D eigenvalue weighted by Gasteiger charge is 2.18. The highest BCUT2D eigenvalue weighted by atomic mass is 16.5. The maximum Gasteiger partial charge on any atom is 0.264 e. The van der Waals surface area contributed by atoms with E-state index >= 15 is 0 Å². The van der Waals surface area contributed by atoms with E-state index in [-0.39, 0.29) is 12.5 Å². The first-order valence-corrected chi connectivity index (χ1v) is 8.66. The van der Waals surface area contributed by atoms with Crippen LogP contribution in [0.3, 0.4) is 0 Å². The number of benzene rings is 2. The molecule has 5 heteroatoms. The predicted molar refractivity (Wildman–Crippen MR) is 98.0 cm³/mol. The van der Waals surface area contributed by atoms with E-state index in [2.05, 4.69) is 4.90 Å². The van der Waals surface area contributed by atoms with Crippen LogP contribution in [0.2, 0.25) is 0 Å². The molecule has 5 nitrogen and oxygen atoms in total. The van der Waals surface area contributed by atoms with Gasteiger partial charge in [0, 0.05) is 31.9 Å². The fraction of sp³-hybridized carbons (Fsp3) is 0.350. The molecule has 0 unspecified atom stereocenters. The lowest BCUT2D eigenvalue weighted by Crippen LogP contribution is -2.44. The third-order valence-corrected chi connectivity index (χ3v) is 4.22. The van der Waals surface area contributed by atoms with Crippen molar-refractivity contribution in [1.82, 2.24) is 4.90 Å². The first-order valence-electron chi connectivity index (χ1n) is 8.66. The molecule has 0 radical (unpaired) electrons. The average Bonchev–Trinajstić information content (AvgIpc) is 2.69. The van der Waals surface area contributed by atoms with Crippen LogP contribution in [0.15, 0.2) is 60.7 Å². The van der Waals surface area contributed by atoms with E-state index in [1.165, 1.54) is 0 Å². The van der Waals surface area contributed by atoms with E-state index < -0.39 is 0 Å². The van der Waals surface area contributed by atoms with Gasteiger partial charge in [-0.05, 0) is 24.3 Å². The third-order valence-electron chi connectivity index (χ3n) is 4.22. The predicted octanol–water partition coefficient (Wildman–Crippen LogP) is 2.43. The molecule has 0 saturated carbocycles. The summed E-state index contributed by atoms with van der Waals surface area (Å²) in [6, 6.07) is 19.2. The van der Waals surface area contributed by atoms with Crippen LogP contribution < -0.4 is 9.64 Å². The number of carbonyl (C=O) groups excluding carboxylic acids is 1. The molecule has 25 heavy (non-hydrogen) atoms. The quantitative estimate of drug-likeness (QED) is 0.776. The molecule has 1 saturated heterocycles. The van der Waals surface area contributed by atoms with Gasteiger partial charge in [0.25, 0.3) is 5.91 Å². The van der Waals surface area contributed by atoms with Crippen LogP contribution in [0, 0.1) is 0 Å². The molecule has 0 aliphatic carbocycles. The number of hydrogen-bond donors (Lipinski definition) is 0. The second-order valence-electron chi connectivity index (χ2n) is 5.94. The van der Waals surface area contributed by atoms with Gasteiger partial charge in [0.05, 0.1) is 13.2 Å². The Kier molecular flexibility index (Phi) is 6.42. The highest BCUT2D eigenvalue weighted by molar-refractivity contribution is 5.94. The molecule has 1 aliphatic heterocycles. The number of nitrogens with zero attached hydrogens (tertiary/aromatic N) is 2. The maximum atomic E-state index is 12.7. The fourth-order valence-corrected chi connectivity index (χ4v) is 2.81. The Balaban J connectivity index is 1.61. The lowest BCUT2D eigenvalue weighted by molar-refractivity contribution is -0.120. The first kappa shape index (κ1) is 17.5. The van der Waals surface area contributed by atoms with E-state index in [1.54, 1.807) is 4.90 Å². The van der Waals surface area contributed by atoms with Crippen LogP contribution in [0.5, 0.6) is 5.75 Å². The van der Waals surface area contributed by atoms with Gasteiger partial charge >= 0.3 is 0 Å². The number of amides is 1. The number of carbonyl (C=O) groups is 1.